The van der Waals surface area contributed by atoms with Crippen molar-refractivity contribution in [3.8, 4) is 0 Å². The first-order chi connectivity index (χ1) is 12.7. The zero-order chi connectivity index (χ0) is 18.8. The van der Waals surface area contributed by atoms with Crippen molar-refractivity contribution in [2.24, 2.45) is 17.4 Å². The van der Waals surface area contributed by atoms with Crippen LogP contribution in [0.5, 0.6) is 0 Å². The number of benzene rings is 1. The van der Waals surface area contributed by atoms with Gasteiger partial charge in [0.15, 0.2) is 0 Å². The van der Waals surface area contributed by atoms with E-state index in [2.05, 4.69) is 13.0 Å². The number of unbranched alkanes of at least 4 members (excludes halogenated alkanes) is 2. The second-order valence-electron chi connectivity index (χ2n) is 7.78. The topological polar surface area (TPSA) is 61.3 Å². The van der Waals surface area contributed by atoms with Crippen LogP contribution in [0.1, 0.15) is 75.3 Å². The number of hydrogen-bond acceptors (Lipinski definition) is 3. The van der Waals surface area contributed by atoms with Gasteiger partial charge in [-0.1, -0.05) is 44.7 Å². The van der Waals surface area contributed by atoms with E-state index in [1.54, 1.807) is 6.07 Å². The first-order valence-corrected chi connectivity index (χ1v) is 10.5. The number of halogens is 1. The van der Waals surface area contributed by atoms with Crippen molar-refractivity contribution in [2.45, 2.75) is 76.7 Å². The Bertz CT molecular complexity index is 511. The molecule has 0 bridgehead atoms. The maximum atomic E-state index is 14.5. The van der Waals surface area contributed by atoms with E-state index in [1.165, 1.54) is 56.9 Å². The molecule has 0 amide bonds. The number of ether oxygens (including phenoxy) is 1. The zero-order valence-electron chi connectivity index (χ0n) is 16.4. The molecule has 0 radical (unpaired) electrons. The van der Waals surface area contributed by atoms with E-state index in [-0.39, 0.29) is 11.9 Å². The van der Waals surface area contributed by atoms with Gasteiger partial charge in [0, 0.05) is 13.1 Å². The Balaban J connectivity index is 1.80. The van der Waals surface area contributed by atoms with Gasteiger partial charge in [0.05, 0.1) is 12.7 Å². The molecular weight excluding hydrogens is 327 g/mol. The molecule has 1 aliphatic carbocycles. The van der Waals surface area contributed by atoms with E-state index in [0.29, 0.717) is 32.0 Å². The van der Waals surface area contributed by atoms with E-state index in [9.17, 15) is 4.39 Å². The van der Waals surface area contributed by atoms with Crippen LogP contribution in [0.3, 0.4) is 0 Å². The van der Waals surface area contributed by atoms with Crippen LogP contribution in [0, 0.1) is 11.7 Å². The van der Waals surface area contributed by atoms with Gasteiger partial charge in [-0.2, -0.15) is 0 Å². The van der Waals surface area contributed by atoms with Crippen molar-refractivity contribution in [1.29, 1.82) is 0 Å². The van der Waals surface area contributed by atoms with Crippen molar-refractivity contribution in [2.75, 3.05) is 19.7 Å². The highest BCUT2D eigenvalue weighted by Gasteiger charge is 2.22. The number of rotatable bonds is 11. The van der Waals surface area contributed by atoms with Gasteiger partial charge in [-0.3, -0.25) is 0 Å². The third kappa shape index (κ3) is 6.64. The van der Waals surface area contributed by atoms with Gasteiger partial charge in [0.1, 0.15) is 5.82 Å². The lowest BCUT2D eigenvalue weighted by molar-refractivity contribution is 0.0669. The molecule has 0 heterocycles. The second-order valence-corrected chi connectivity index (χ2v) is 7.78. The van der Waals surface area contributed by atoms with Crippen molar-refractivity contribution < 1.29 is 9.13 Å². The van der Waals surface area contributed by atoms with Crippen LogP contribution in [-0.4, -0.2) is 25.8 Å². The maximum absolute atomic E-state index is 14.5. The SMILES string of the molecule is CCCCCC1CCC(c2ccc(CCOC(CN)CN)c(F)c2)CC1. The molecule has 1 saturated carbocycles. The standard InChI is InChI=1S/C22H37FN2O/c1-2-3-4-5-17-6-8-18(9-7-17)20-11-10-19(22(23)14-20)12-13-26-21(15-24)16-25/h10-11,14,17-18,21H,2-9,12-13,15-16,24-25H2,1H3. The molecule has 0 spiro atoms. The third-order valence-corrected chi connectivity index (χ3v) is 5.86. The summed E-state index contributed by atoms with van der Waals surface area (Å²) in [7, 11) is 0. The molecule has 26 heavy (non-hydrogen) atoms. The first kappa shape index (κ1) is 21.3. The van der Waals surface area contributed by atoms with Crippen molar-refractivity contribution >= 4 is 0 Å². The molecule has 0 aliphatic heterocycles. The van der Waals surface area contributed by atoms with Gasteiger partial charge in [-0.15, -0.1) is 0 Å². The molecule has 4 heteroatoms. The van der Waals surface area contributed by atoms with E-state index in [0.717, 1.165) is 11.5 Å². The molecule has 1 fully saturated rings. The summed E-state index contributed by atoms with van der Waals surface area (Å²) < 4.78 is 20.1. The molecule has 1 aromatic rings. The summed E-state index contributed by atoms with van der Waals surface area (Å²) >= 11 is 0. The van der Waals surface area contributed by atoms with Gasteiger partial charge in [0.2, 0.25) is 0 Å². The lowest BCUT2D eigenvalue weighted by Crippen LogP contribution is -2.32. The van der Waals surface area contributed by atoms with Crippen LogP contribution < -0.4 is 11.5 Å². The summed E-state index contributed by atoms with van der Waals surface area (Å²) in [6.45, 7) is 3.52. The number of hydrogen-bond donors (Lipinski definition) is 2. The Morgan fingerprint density at radius 1 is 1.12 bits per heavy atom. The van der Waals surface area contributed by atoms with Gasteiger partial charge in [-0.25, -0.2) is 4.39 Å². The highest BCUT2D eigenvalue weighted by Crippen LogP contribution is 2.38. The molecule has 0 aromatic heterocycles. The van der Waals surface area contributed by atoms with Gasteiger partial charge < -0.3 is 16.2 Å². The van der Waals surface area contributed by atoms with E-state index < -0.39 is 0 Å². The van der Waals surface area contributed by atoms with Crippen LogP contribution in [0.2, 0.25) is 0 Å². The summed E-state index contributed by atoms with van der Waals surface area (Å²) in [5, 5.41) is 0. The minimum Gasteiger partial charge on any atom is -0.375 e. The van der Waals surface area contributed by atoms with E-state index in [4.69, 9.17) is 16.2 Å². The molecule has 2 rings (SSSR count). The average molecular weight is 365 g/mol. The van der Waals surface area contributed by atoms with Crippen LogP contribution >= 0.6 is 0 Å². The summed E-state index contributed by atoms with van der Waals surface area (Å²) in [6.07, 6.45) is 10.8. The Hall–Kier alpha value is -0.970. The molecule has 3 nitrogen and oxygen atoms in total. The van der Waals surface area contributed by atoms with Crippen molar-refractivity contribution in [1.82, 2.24) is 0 Å². The summed E-state index contributed by atoms with van der Waals surface area (Å²) in [5.74, 6) is 1.31. The fraction of sp³-hybridized carbons (Fsp3) is 0.727. The molecule has 1 aliphatic rings. The Labute approximate surface area is 158 Å². The van der Waals surface area contributed by atoms with Gasteiger partial charge in [0.25, 0.3) is 0 Å². The predicted molar refractivity (Wildman–Crippen MR) is 107 cm³/mol. The van der Waals surface area contributed by atoms with Crippen molar-refractivity contribution in [3.63, 3.8) is 0 Å². The second kappa shape index (κ2) is 11.7. The predicted octanol–water partition coefficient (Wildman–Crippen LogP) is 4.52. The molecule has 0 saturated heterocycles. The quantitative estimate of drug-likeness (QED) is 0.567. The number of nitrogens with two attached hydrogens (primary N) is 2. The fourth-order valence-corrected chi connectivity index (χ4v) is 4.06. The summed E-state index contributed by atoms with van der Waals surface area (Å²) in [6, 6.07) is 5.80. The molecule has 1 aromatic carbocycles. The smallest absolute Gasteiger partial charge is 0.126 e. The van der Waals surface area contributed by atoms with Crippen LogP contribution in [0.15, 0.2) is 18.2 Å². The Morgan fingerprint density at radius 3 is 2.46 bits per heavy atom. The largest absolute Gasteiger partial charge is 0.375 e. The molecule has 4 N–H and O–H groups in total. The molecule has 0 atom stereocenters. The lowest BCUT2D eigenvalue weighted by Gasteiger charge is -2.29. The third-order valence-electron chi connectivity index (χ3n) is 5.86. The Morgan fingerprint density at radius 2 is 1.85 bits per heavy atom. The van der Waals surface area contributed by atoms with E-state index >= 15 is 0 Å². The molecular formula is C22H37FN2O. The monoisotopic (exact) mass is 364 g/mol. The molecule has 0 unspecified atom stereocenters. The highest BCUT2D eigenvalue weighted by molar-refractivity contribution is 5.27. The van der Waals surface area contributed by atoms with E-state index in [1.807, 2.05) is 6.07 Å². The zero-order valence-corrected chi connectivity index (χ0v) is 16.4. The van der Waals surface area contributed by atoms with Gasteiger partial charge in [-0.05, 0) is 61.1 Å². The minimum atomic E-state index is -0.134. The normalized spacial score (nSPS) is 20.7. The van der Waals surface area contributed by atoms with Gasteiger partial charge >= 0.3 is 0 Å². The average Bonchev–Trinajstić information content (AvgIpc) is 2.67. The lowest BCUT2D eigenvalue weighted by atomic mass is 9.77. The van der Waals surface area contributed by atoms with Crippen LogP contribution in [-0.2, 0) is 11.2 Å². The first-order valence-electron chi connectivity index (χ1n) is 10.5. The van der Waals surface area contributed by atoms with Crippen LogP contribution in [0.4, 0.5) is 4.39 Å². The highest BCUT2D eigenvalue weighted by atomic mass is 19.1. The summed E-state index contributed by atoms with van der Waals surface area (Å²) in [4.78, 5) is 0. The fourth-order valence-electron chi connectivity index (χ4n) is 4.06. The Kier molecular flexibility index (Phi) is 9.58. The van der Waals surface area contributed by atoms with Crippen molar-refractivity contribution in [3.05, 3.63) is 35.1 Å². The molecule has 148 valence electrons. The summed E-state index contributed by atoms with van der Waals surface area (Å²) in [5.41, 5.74) is 13.0. The van der Waals surface area contributed by atoms with Crippen LogP contribution in [0.25, 0.3) is 0 Å². The minimum absolute atomic E-state index is 0.104. The maximum Gasteiger partial charge on any atom is 0.126 e.